The summed E-state index contributed by atoms with van der Waals surface area (Å²) < 4.78 is 0. The summed E-state index contributed by atoms with van der Waals surface area (Å²) in [6.45, 7) is 2.64. The van der Waals surface area contributed by atoms with Crippen LogP contribution in [0.1, 0.15) is 23.9 Å². The van der Waals surface area contributed by atoms with Crippen molar-refractivity contribution < 1.29 is 9.90 Å². The van der Waals surface area contributed by atoms with E-state index in [0.717, 1.165) is 23.8 Å². The molecular formula is C16H19N5O2. The molecule has 1 fully saturated rings. The SMILES string of the molecule is Cc1cc(Nc2ccccn2)nc(C2CCN(C(=O)CO)C2)n1. The van der Waals surface area contributed by atoms with Gasteiger partial charge in [-0.1, -0.05) is 6.07 Å². The molecule has 0 bridgehead atoms. The average molecular weight is 313 g/mol. The van der Waals surface area contributed by atoms with Crippen molar-refractivity contribution in [2.24, 2.45) is 0 Å². The van der Waals surface area contributed by atoms with Gasteiger partial charge in [-0.15, -0.1) is 0 Å². The van der Waals surface area contributed by atoms with Gasteiger partial charge in [0.05, 0.1) is 0 Å². The van der Waals surface area contributed by atoms with Crippen molar-refractivity contribution in [3.8, 4) is 0 Å². The van der Waals surface area contributed by atoms with Crippen LogP contribution in [-0.2, 0) is 4.79 Å². The molecule has 2 aromatic rings. The summed E-state index contributed by atoms with van der Waals surface area (Å²) in [5.41, 5.74) is 0.861. The zero-order chi connectivity index (χ0) is 16.2. The summed E-state index contributed by atoms with van der Waals surface area (Å²) in [4.78, 5) is 26.5. The quantitative estimate of drug-likeness (QED) is 0.882. The molecule has 0 spiro atoms. The van der Waals surface area contributed by atoms with Gasteiger partial charge in [0.25, 0.3) is 0 Å². The van der Waals surface area contributed by atoms with Crippen molar-refractivity contribution in [1.82, 2.24) is 19.9 Å². The Balaban J connectivity index is 1.77. The predicted molar refractivity (Wildman–Crippen MR) is 85.3 cm³/mol. The number of carbonyl (C=O) groups excluding carboxylic acids is 1. The molecule has 1 aliphatic heterocycles. The van der Waals surface area contributed by atoms with Crippen LogP contribution < -0.4 is 5.32 Å². The van der Waals surface area contributed by atoms with Gasteiger partial charge in [-0.25, -0.2) is 15.0 Å². The Kier molecular flexibility index (Phi) is 4.47. The van der Waals surface area contributed by atoms with E-state index >= 15 is 0 Å². The zero-order valence-electron chi connectivity index (χ0n) is 12.9. The fourth-order valence-corrected chi connectivity index (χ4v) is 2.70. The fourth-order valence-electron chi connectivity index (χ4n) is 2.70. The van der Waals surface area contributed by atoms with E-state index in [1.807, 2.05) is 31.2 Å². The number of hydrogen-bond acceptors (Lipinski definition) is 6. The van der Waals surface area contributed by atoms with Crippen molar-refractivity contribution in [3.05, 3.63) is 42.0 Å². The molecule has 3 heterocycles. The summed E-state index contributed by atoms with van der Waals surface area (Å²) in [5, 5.41) is 12.1. The highest BCUT2D eigenvalue weighted by Gasteiger charge is 2.29. The first-order chi connectivity index (χ1) is 11.2. The zero-order valence-corrected chi connectivity index (χ0v) is 12.9. The van der Waals surface area contributed by atoms with Gasteiger partial charge < -0.3 is 15.3 Å². The van der Waals surface area contributed by atoms with Crippen LogP contribution in [-0.4, -0.2) is 50.6 Å². The second kappa shape index (κ2) is 6.70. The second-order valence-electron chi connectivity index (χ2n) is 5.58. The molecular weight excluding hydrogens is 294 g/mol. The Morgan fingerprint density at radius 2 is 2.26 bits per heavy atom. The first-order valence-corrected chi connectivity index (χ1v) is 7.58. The Morgan fingerprint density at radius 3 is 3.00 bits per heavy atom. The van der Waals surface area contributed by atoms with Gasteiger partial charge in [-0.2, -0.15) is 0 Å². The first kappa shape index (κ1) is 15.4. The Hall–Kier alpha value is -2.54. The molecule has 120 valence electrons. The molecule has 1 unspecified atom stereocenters. The molecule has 1 saturated heterocycles. The number of aliphatic hydroxyl groups excluding tert-OH is 1. The number of carbonyl (C=O) groups is 1. The second-order valence-corrected chi connectivity index (χ2v) is 5.58. The van der Waals surface area contributed by atoms with E-state index in [9.17, 15) is 4.79 Å². The molecule has 2 N–H and O–H groups in total. The van der Waals surface area contributed by atoms with Crippen LogP contribution in [0.3, 0.4) is 0 Å². The van der Waals surface area contributed by atoms with Gasteiger partial charge in [0.1, 0.15) is 24.1 Å². The summed E-state index contributed by atoms with van der Waals surface area (Å²) in [5.74, 6) is 1.98. The van der Waals surface area contributed by atoms with Crippen LogP contribution >= 0.6 is 0 Å². The highest BCUT2D eigenvalue weighted by molar-refractivity contribution is 5.77. The molecule has 3 rings (SSSR count). The number of nitrogens with one attached hydrogen (secondary N) is 1. The molecule has 1 aliphatic rings. The number of nitrogens with zero attached hydrogens (tertiary/aromatic N) is 4. The summed E-state index contributed by atoms with van der Waals surface area (Å²) in [6.07, 6.45) is 2.52. The normalized spacial score (nSPS) is 17.3. The minimum atomic E-state index is -0.451. The molecule has 0 aliphatic carbocycles. The molecule has 1 atom stereocenters. The molecule has 0 aromatic carbocycles. The number of rotatable bonds is 4. The highest BCUT2D eigenvalue weighted by Crippen LogP contribution is 2.26. The Labute approximate surface area is 134 Å². The summed E-state index contributed by atoms with van der Waals surface area (Å²) in [7, 11) is 0. The largest absolute Gasteiger partial charge is 0.387 e. The van der Waals surface area contributed by atoms with E-state index in [1.54, 1.807) is 11.1 Å². The number of pyridine rings is 1. The van der Waals surface area contributed by atoms with Crippen LogP contribution in [0.25, 0.3) is 0 Å². The van der Waals surface area contributed by atoms with Gasteiger partial charge in [0.15, 0.2) is 0 Å². The van der Waals surface area contributed by atoms with E-state index in [0.29, 0.717) is 18.9 Å². The van der Waals surface area contributed by atoms with E-state index in [-0.39, 0.29) is 11.8 Å². The minimum Gasteiger partial charge on any atom is -0.387 e. The van der Waals surface area contributed by atoms with Gasteiger partial charge in [-0.05, 0) is 25.5 Å². The number of anilines is 2. The van der Waals surface area contributed by atoms with E-state index in [1.165, 1.54) is 0 Å². The lowest BCUT2D eigenvalue weighted by molar-refractivity contribution is -0.133. The summed E-state index contributed by atoms with van der Waals surface area (Å²) in [6, 6.07) is 7.49. The van der Waals surface area contributed by atoms with Crippen molar-refractivity contribution in [2.75, 3.05) is 25.0 Å². The number of amides is 1. The van der Waals surface area contributed by atoms with Crippen LogP contribution in [0.5, 0.6) is 0 Å². The van der Waals surface area contributed by atoms with Gasteiger partial charge >= 0.3 is 0 Å². The van der Waals surface area contributed by atoms with Crippen molar-refractivity contribution >= 4 is 17.5 Å². The number of aryl methyl sites for hydroxylation is 1. The van der Waals surface area contributed by atoms with E-state index in [2.05, 4.69) is 20.3 Å². The third-order valence-corrected chi connectivity index (χ3v) is 3.83. The maximum absolute atomic E-state index is 11.6. The molecule has 7 nitrogen and oxygen atoms in total. The minimum absolute atomic E-state index is 0.0923. The van der Waals surface area contributed by atoms with Crippen molar-refractivity contribution in [1.29, 1.82) is 0 Å². The molecule has 2 aromatic heterocycles. The predicted octanol–water partition coefficient (Wildman–Crippen LogP) is 1.23. The van der Waals surface area contributed by atoms with Crippen LogP contribution in [0, 0.1) is 6.92 Å². The Morgan fingerprint density at radius 1 is 1.39 bits per heavy atom. The topological polar surface area (TPSA) is 91.2 Å². The first-order valence-electron chi connectivity index (χ1n) is 7.58. The van der Waals surface area contributed by atoms with E-state index < -0.39 is 6.61 Å². The monoisotopic (exact) mass is 313 g/mol. The lowest BCUT2D eigenvalue weighted by Crippen LogP contribution is -2.30. The van der Waals surface area contributed by atoms with Crippen LogP contribution in [0.4, 0.5) is 11.6 Å². The molecule has 0 saturated carbocycles. The molecule has 1 amide bonds. The smallest absolute Gasteiger partial charge is 0.248 e. The van der Waals surface area contributed by atoms with Crippen molar-refractivity contribution in [2.45, 2.75) is 19.3 Å². The van der Waals surface area contributed by atoms with Gasteiger partial charge in [0, 0.05) is 37.0 Å². The third-order valence-electron chi connectivity index (χ3n) is 3.83. The summed E-state index contributed by atoms with van der Waals surface area (Å²) >= 11 is 0. The maximum Gasteiger partial charge on any atom is 0.248 e. The van der Waals surface area contributed by atoms with Gasteiger partial charge in [0.2, 0.25) is 5.91 Å². The number of aliphatic hydroxyl groups is 1. The maximum atomic E-state index is 11.6. The van der Waals surface area contributed by atoms with Crippen LogP contribution in [0.2, 0.25) is 0 Å². The lowest BCUT2D eigenvalue weighted by Gasteiger charge is -2.15. The molecule has 7 heteroatoms. The van der Waals surface area contributed by atoms with Crippen LogP contribution in [0.15, 0.2) is 30.5 Å². The number of hydrogen-bond donors (Lipinski definition) is 2. The third kappa shape index (κ3) is 3.62. The lowest BCUT2D eigenvalue weighted by atomic mass is 10.1. The van der Waals surface area contributed by atoms with E-state index in [4.69, 9.17) is 5.11 Å². The van der Waals surface area contributed by atoms with Crippen molar-refractivity contribution in [3.63, 3.8) is 0 Å². The number of likely N-dealkylation sites (tertiary alicyclic amines) is 1. The molecule has 23 heavy (non-hydrogen) atoms. The average Bonchev–Trinajstić information content (AvgIpc) is 3.04. The molecule has 0 radical (unpaired) electrons. The highest BCUT2D eigenvalue weighted by atomic mass is 16.3. The Bertz CT molecular complexity index is 692. The van der Waals surface area contributed by atoms with Gasteiger partial charge in [-0.3, -0.25) is 4.79 Å². The fraction of sp³-hybridized carbons (Fsp3) is 0.375. The standard InChI is InChI=1S/C16H19N5O2/c1-11-8-14(19-13-4-2-3-6-17-13)20-16(18-11)12-5-7-21(9-12)15(23)10-22/h2-4,6,8,12,22H,5,7,9-10H2,1H3,(H,17,18,19,20). The number of aromatic nitrogens is 3.